The molecule has 0 spiro atoms. The molecule has 0 saturated carbocycles. The van der Waals surface area contributed by atoms with Crippen molar-refractivity contribution in [3.05, 3.63) is 35.1 Å². The minimum absolute atomic E-state index is 0.0349. The van der Waals surface area contributed by atoms with E-state index in [-0.39, 0.29) is 30.4 Å². The lowest BCUT2D eigenvalue weighted by molar-refractivity contribution is -0.142. The third-order valence-corrected chi connectivity index (χ3v) is 4.76. The number of ether oxygens (including phenoxy) is 1. The first-order valence-corrected chi connectivity index (χ1v) is 8.73. The van der Waals surface area contributed by atoms with Gasteiger partial charge < -0.3 is 19.9 Å². The van der Waals surface area contributed by atoms with Crippen LogP contribution in [0.15, 0.2) is 18.2 Å². The van der Waals surface area contributed by atoms with Crippen molar-refractivity contribution in [1.82, 2.24) is 15.1 Å². The molecule has 1 aromatic carbocycles. The number of nitrogens with zero attached hydrogens (tertiary/aromatic N) is 2. The van der Waals surface area contributed by atoms with E-state index in [1.165, 1.54) is 6.07 Å². The van der Waals surface area contributed by atoms with Crippen molar-refractivity contribution in [3.63, 3.8) is 0 Å². The van der Waals surface area contributed by atoms with Crippen molar-refractivity contribution in [3.8, 4) is 0 Å². The van der Waals surface area contributed by atoms with Crippen LogP contribution in [0.4, 0.5) is 9.18 Å². The van der Waals surface area contributed by atoms with Gasteiger partial charge in [0.15, 0.2) is 0 Å². The fourth-order valence-corrected chi connectivity index (χ4v) is 3.14. The lowest BCUT2D eigenvalue weighted by atomic mass is 10.1. The van der Waals surface area contributed by atoms with Crippen molar-refractivity contribution in [2.24, 2.45) is 0 Å². The predicted octanol–water partition coefficient (Wildman–Crippen LogP) is 1.67. The molecular formula is C18H24FN3O3. The Bertz CT molecular complexity index is 638. The number of benzene rings is 1. The summed E-state index contributed by atoms with van der Waals surface area (Å²) in [6.45, 7) is 4.66. The molecule has 6 nitrogen and oxygen atoms in total. The molecule has 2 fully saturated rings. The molecule has 7 heteroatoms. The lowest BCUT2D eigenvalue weighted by Gasteiger charge is -2.35. The first kappa shape index (κ1) is 17.7. The van der Waals surface area contributed by atoms with Crippen LogP contribution in [0.2, 0.25) is 0 Å². The molecule has 1 atom stereocenters. The molecule has 136 valence electrons. The highest BCUT2D eigenvalue weighted by Gasteiger charge is 2.31. The summed E-state index contributed by atoms with van der Waals surface area (Å²) in [4.78, 5) is 28.0. The smallest absolute Gasteiger partial charge is 0.317 e. The molecule has 1 unspecified atom stereocenters. The normalized spacial score (nSPS) is 20.6. The highest BCUT2D eigenvalue weighted by atomic mass is 19.1. The first-order chi connectivity index (χ1) is 12.0. The van der Waals surface area contributed by atoms with Crippen LogP contribution in [-0.2, 0) is 16.1 Å². The van der Waals surface area contributed by atoms with Crippen LogP contribution in [0.25, 0.3) is 0 Å². The lowest BCUT2D eigenvalue weighted by Crippen LogP contribution is -2.54. The van der Waals surface area contributed by atoms with E-state index in [0.29, 0.717) is 38.3 Å². The van der Waals surface area contributed by atoms with Gasteiger partial charge >= 0.3 is 6.03 Å². The zero-order chi connectivity index (χ0) is 17.8. The Morgan fingerprint density at radius 2 is 1.96 bits per heavy atom. The average molecular weight is 349 g/mol. The molecule has 2 aliphatic rings. The Morgan fingerprint density at radius 3 is 2.60 bits per heavy atom. The van der Waals surface area contributed by atoms with E-state index < -0.39 is 0 Å². The summed E-state index contributed by atoms with van der Waals surface area (Å²) < 4.78 is 19.0. The molecule has 1 aromatic rings. The predicted molar refractivity (Wildman–Crippen MR) is 90.5 cm³/mol. The van der Waals surface area contributed by atoms with Crippen molar-refractivity contribution in [2.45, 2.75) is 32.4 Å². The van der Waals surface area contributed by atoms with Crippen LogP contribution in [0.5, 0.6) is 0 Å². The standard InChI is InChI=1S/C18H24FN3O3/c1-13-4-5-14(11-15(13)19)12-20-18(24)22-8-6-21(7-9-22)17(23)16-3-2-10-25-16/h4-5,11,16H,2-3,6-10,12H2,1H3,(H,20,24). The minimum atomic E-state index is -0.309. The van der Waals surface area contributed by atoms with E-state index in [4.69, 9.17) is 4.74 Å². The van der Waals surface area contributed by atoms with E-state index >= 15 is 0 Å². The fourth-order valence-electron chi connectivity index (χ4n) is 3.14. The van der Waals surface area contributed by atoms with Crippen LogP contribution in [0, 0.1) is 12.7 Å². The van der Waals surface area contributed by atoms with E-state index in [1.807, 2.05) is 0 Å². The Labute approximate surface area is 146 Å². The number of aryl methyl sites for hydroxylation is 1. The summed E-state index contributed by atoms with van der Waals surface area (Å²) in [6.07, 6.45) is 1.40. The number of carbonyl (C=O) groups excluding carboxylic acids is 2. The molecule has 3 rings (SSSR count). The van der Waals surface area contributed by atoms with Gasteiger partial charge in [0.2, 0.25) is 0 Å². The van der Waals surface area contributed by atoms with Gasteiger partial charge in [-0.15, -0.1) is 0 Å². The van der Waals surface area contributed by atoms with E-state index in [1.54, 1.807) is 28.9 Å². The number of piperazine rings is 1. The first-order valence-electron chi connectivity index (χ1n) is 8.73. The number of nitrogens with one attached hydrogen (secondary N) is 1. The summed E-state index contributed by atoms with van der Waals surface area (Å²) in [6, 6.07) is 4.75. The van der Waals surface area contributed by atoms with E-state index in [9.17, 15) is 14.0 Å². The summed E-state index contributed by atoms with van der Waals surface area (Å²) in [7, 11) is 0. The van der Waals surface area contributed by atoms with Crippen molar-refractivity contribution >= 4 is 11.9 Å². The van der Waals surface area contributed by atoms with Crippen molar-refractivity contribution in [1.29, 1.82) is 0 Å². The molecule has 2 saturated heterocycles. The number of rotatable bonds is 3. The maximum atomic E-state index is 13.5. The number of urea groups is 1. The number of carbonyl (C=O) groups is 2. The SMILES string of the molecule is Cc1ccc(CNC(=O)N2CCN(C(=O)C3CCCO3)CC2)cc1F. The Kier molecular flexibility index (Phi) is 5.53. The Morgan fingerprint density at radius 1 is 1.24 bits per heavy atom. The second-order valence-electron chi connectivity index (χ2n) is 6.56. The zero-order valence-corrected chi connectivity index (χ0v) is 14.5. The molecule has 2 heterocycles. The third-order valence-electron chi connectivity index (χ3n) is 4.76. The Balaban J connectivity index is 1.44. The monoisotopic (exact) mass is 349 g/mol. The maximum absolute atomic E-state index is 13.5. The molecule has 0 aromatic heterocycles. The number of hydrogen-bond acceptors (Lipinski definition) is 3. The van der Waals surface area contributed by atoms with Gasteiger partial charge in [0.25, 0.3) is 5.91 Å². The van der Waals surface area contributed by atoms with Crippen LogP contribution < -0.4 is 5.32 Å². The van der Waals surface area contributed by atoms with Gasteiger partial charge in [0.05, 0.1) is 0 Å². The van der Waals surface area contributed by atoms with Gasteiger partial charge in [-0.05, 0) is 37.0 Å². The highest BCUT2D eigenvalue weighted by molar-refractivity contribution is 5.81. The van der Waals surface area contributed by atoms with Gasteiger partial charge in [-0.1, -0.05) is 12.1 Å². The summed E-state index contributed by atoms with van der Waals surface area (Å²) in [5, 5.41) is 2.81. The zero-order valence-electron chi connectivity index (χ0n) is 14.5. The minimum Gasteiger partial charge on any atom is -0.368 e. The van der Waals surface area contributed by atoms with Crippen LogP contribution in [0.3, 0.4) is 0 Å². The van der Waals surface area contributed by atoms with Gasteiger partial charge in [0.1, 0.15) is 11.9 Å². The van der Waals surface area contributed by atoms with Crippen LogP contribution in [-0.4, -0.2) is 60.6 Å². The number of halogens is 1. The molecule has 3 amide bonds. The molecule has 2 aliphatic heterocycles. The van der Waals surface area contributed by atoms with E-state index in [2.05, 4.69) is 5.32 Å². The number of amides is 3. The summed E-state index contributed by atoms with van der Waals surface area (Å²) >= 11 is 0. The van der Waals surface area contributed by atoms with Crippen LogP contribution in [0.1, 0.15) is 24.0 Å². The Hall–Kier alpha value is -2.15. The molecule has 1 N–H and O–H groups in total. The van der Waals surface area contributed by atoms with E-state index in [0.717, 1.165) is 18.4 Å². The number of hydrogen-bond donors (Lipinski definition) is 1. The maximum Gasteiger partial charge on any atom is 0.317 e. The molecular weight excluding hydrogens is 325 g/mol. The quantitative estimate of drug-likeness (QED) is 0.903. The highest BCUT2D eigenvalue weighted by Crippen LogP contribution is 2.16. The van der Waals surface area contributed by atoms with Gasteiger partial charge in [-0.2, -0.15) is 0 Å². The van der Waals surface area contributed by atoms with Gasteiger partial charge in [-0.3, -0.25) is 4.79 Å². The molecule has 25 heavy (non-hydrogen) atoms. The fraction of sp³-hybridized carbons (Fsp3) is 0.556. The van der Waals surface area contributed by atoms with Crippen molar-refractivity contribution in [2.75, 3.05) is 32.8 Å². The third kappa shape index (κ3) is 4.28. The van der Waals surface area contributed by atoms with Gasteiger partial charge in [-0.25, -0.2) is 9.18 Å². The second kappa shape index (κ2) is 7.82. The van der Waals surface area contributed by atoms with Crippen LogP contribution >= 0.6 is 0 Å². The van der Waals surface area contributed by atoms with Gasteiger partial charge in [0, 0.05) is 39.3 Å². The summed E-state index contributed by atoms with van der Waals surface area (Å²) in [5.41, 5.74) is 1.31. The largest absolute Gasteiger partial charge is 0.368 e. The topological polar surface area (TPSA) is 61.9 Å². The average Bonchev–Trinajstić information content (AvgIpc) is 3.16. The molecule has 0 aliphatic carbocycles. The molecule has 0 radical (unpaired) electrons. The second-order valence-corrected chi connectivity index (χ2v) is 6.56. The van der Waals surface area contributed by atoms with Crippen molar-refractivity contribution < 1.29 is 18.7 Å². The summed E-state index contributed by atoms with van der Waals surface area (Å²) in [5.74, 6) is -0.235. The molecule has 0 bridgehead atoms.